The molecule has 0 aliphatic heterocycles. The number of rotatable bonds is 6. The average Bonchev–Trinajstić information content (AvgIpc) is 3.17. The number of fused-ring (bicyclic) bond motifs is 1. The van der Waals surface area contributed by atoms with Crippen LogP contribution in [-0.4, -0.2) is 22.0 Å². The molecule has 0 atom stereocenters. The Bertz CT molecular complexity index is 1170. The van der Waals surface area contributed by atoms with Crippen molar-refractivity contribution in [3.05, 3.63) is 75.8 Å². The zero-order chi connectivity index (χ0) is 21.1. The van der Waals surface area contributed by atoms with Gasteiger partial charge in [-0.2, -0.15) is 0 Å². The van der Waals surface area contributed by atoms with E-state index in [-0.39, 0.29) is 12.1 Å². The summed E-state index contributed by atoms with van der Waals surface area (Å²) < 4.78 is 6.30. The van der Waals surface area contributed by atoms with Gasteiger partial charge in [0.15, 0.2) is 0 Å². The molecule has 0 radical (unpaired) electrons. The topological polar surface area (TPSA) is 52.1 Å². The zero-order valence-corrected chi connectivity index (χ0v) is 19.7. The highest BCUT2D eigenvalue weighted by Crippen LogP contribution is 2.38. The van der Waals surface area contributed by atoms with E-state index in [9.17, 15) is 4.79 Å². The van der Waals surface area contributed by atoms with E-state index < -0.39 is 0 Å². The van der Waals surface area contributed by atoms with Crippen molar-refractivity contribution in [3.63, 3.8) is 0 Å². The molecule has 4 aromatic rings. The van der Waals surface area contributed by atoms with Gasteiger partial charge in [0.05, 0.1) is 17.1 Å². The standard InChI is InChI=1S/C23H19BrN2O2S2/c1-14(2)28-23(27)17-5-3-15(4-6-17)11-29-21-20-19(12-30-22(20)26-13-25-21)16-7-9-18(24)10-8-16/h3-10,12-14H,11H2,1-2H3. The van der Waals surface area contributed by atoms with Crippen LogP contribution in [0.3, 0.4) is 0 Å². The normalized spacial score (nSPS) is 11.2. The Kier molecular flexibility index (Phi) is 6.51. The third-order valence-electron chi connectivity index (χ3n) is 4.40. The van der Waals surface area contributed by atoms with Crippen LogP contribution in [0.1, 0.15) is 29.8 Å². The number of carbonyl (C=O) groups is 1. The van der Waals surface area contributed by atoms with E-state index in [1.165, 1.54) is 0 Å². The average molecular weight is 499 g/mol. The van der Waals surface area contributed by atoms with Crippen LogP contribution in [0.4, 0.5) is 0 Å². The maximum absolute atomic E-state index is 12.0. The summed E-state index contributed by atoms with van der Waals surface area (Å²) >= 11 is 6.80. The third kappa shape index (κ3) is 4.74. The van der Waals surface area contributed by atoms with E-state index in [1.807, 2.05) is 50.2 Å². The molecule has 152 valence electrons. The predicted molar refractivity (Wildman–Crippen MR) is 127 cm³/mol. The van der Waals surface area contributed by atoms with Crippen LogP contribution in [0.25, 0.3) is 21.3 Å². The lowest BCUT2D eigenvalue weighted by molar-refractivity contribution is 0.0378. The van der Waals surface area contributed by atoms with E-state index in [2.05, 4.69) is 43.4 Å². The maximum Gasteiger partial charge on any atom is 0.338 e. The molecule has 4 nitrogen and oxygen atoms in total. The first-order valence-electron chi connectivity index (χ1n) is 9.42. The lowest BCUT2D eigenvalue weighted by Gasteiger charge is -2.09. The van der Waals surface area contributed by atoms with Crippen LogP contribution in [0.15, 0.2) is 69.7 Å². The molecule has 0 saturated carbocycles. The number of nitrogens with zero attached hydrogens (tertiary/aromatic N) is 2. The molecule has 0 spiro atoms. The van der Waals surface area contributed by atoms with E-state index in [0.29, 0.717) is 5.56 Å². The monoisotopic (exact) mass is 498 g/mol. The minimum atomic E-state index is -0.292. The Labute approximate surface area is 191 Å². The zero-order valence-electron chi connectivity index (χ0n) is 16.5. The minimum absolute atomic E-state index is 0.126. The lowest BCUT2D eigenvalue weighted by atomic mass is 10.1. The van der Waals surface area contributed by atoms with Crippen LogP contribution in [0, 0.1) is 0 Å². The van der Waals surface area contributed by atoms with Gasteiger partial charge in [-0.25, -0.2) is 14.8 Å². The molecule has 4 rings (SSSR count). The van der Waals surface area contributed by atoms with Gasteiger partial charge in [-0.1, -0.05) is 40.2 Å². The fourth-order valence-corrected chi connectivity index (χ4v) is 5.18. The summed E-state index contributed by atoms with van der Waals surface area (Å²) in [5.41, 5.74) is 3.98. The van der Waals surface area contributed by atoms with E-state index >= 15 is 0 Å². The summed E-state index contributed by atoms with van der Waals surface area (Å²) in [5, 5.41) is 4.19. The molecule has 0 saturated heterocycles. The molecule has 0 fully saturated rings. The van der Waals surface area contributed by atoms with Crippen molar-refractivity contribution in [2.75, 3.05) is 0 Å². The highest BCUT2D eigenvalue weighted by Gasteiger charge is 2.14. The SMILES string of the molecule is CC(C)OC(=O)c1ccc(CSc2ncnc3scc(-c4ccc(Br)cc4)c23)cc1. The third-order valence-corrected chi connectivity index (χ3v) is 6.87. The van der Waals surface area contributed by atoms with Gasteiger partial charge < -0.3 is 4.74 Å². The van der Waals surface area contributed by atoms with Crippen LogP contribution < -0.4 is 0 Å². The summed E-state index contributed by atoms with van der Waals surface area (Å²) in [6.45, 7) is 3.69. The molecule has 0 bridgehead atoms. The molecule has 2 aromatic carbocycles. The lowest BCUT2D eigenvalue weighted by Crippen LogP contribution is -2.11. The molecule has 0 amide bonds. The summed E-state index contributed by atoms with van der Waals surface area (Å²) in [4.78, 5) is 22.0. The van der Waals surface area contributed by atoms with Crippen molar-refractivity contribution >= 4 is 55.2 Å². The molecular weight excluding hydrogens is 480 g/mol. The Balaban J connectivity index is 1.55. The first-order valence-corrected chi connectivity index (χ1v) is 12.1. The fourth-order valence-electron chi connectivity index (χ4n) is 2.97. The fraction of sp³-hybridized carbons (Fsp3) is 0.174. The first kappa shape index (κ1) is 21.0. The van der Waals surface area contributed by atoms with Crippen molar-refractivity contribution in [2.24, 2.45) is 0 Å². The van der Waals surface area contributed by atoms with Crippen LogP contribution >= 0.6 is 39.0 Å². The molecule has 0 unspecified atom stereocenters. The van der Waals surface area contributed by atoms with Gasteiger partial charge in [0.25, 0.3) is 0 Å². The number of aromatic nitrogens is 2. The molecular formula is C23H19BrN2O2S2. The van der Waals surface area contributed by atoms with Gasteiger partial charge in [-0.05, 0) is 49.2 Å². The number of ether oxygens (including phenoxy) is 1. The molecule has 2 aromatic heterocycles. The van der Waals surface area contributed by atoms with E-state index in [1.54, 1.807) is 29.4 Å². The van der Waals surface area contributed by atoms with Gasteiger partial charge >= 0.3 is 5.97 Å². The number of thiophene rings is 1. The van der Waals surface area contributed by atoms with E-state index in [4.69, 9.17) is 4.74 Å². The van der Waals surface area contributed by atoms with E-state index in [0.717, 1.165) is 42.2 Å². The second-order valence-electron chi connectivity index (χ2n) is 6.95. The molecule has 0 N–H and O–H groups in total. The molecule has 30 heavy (non-hydrogen) atoms. The van der Waals surface area contributed by atoms with Gasteiger partial charge in [-0.15, -0.1) is 23.1 Å². The highest BCUT2D eigenvalue weighted by atomic mass is 79.9. The number of hydrogen-bond acceptors (Lipinski definition) is 6. The molecule has 0 aliphatic rings. The van der Waals surface area contributed by atoms with Gasteiger partial charge in [-0.3, -0.25) is 0 Å². The van der Waals surface area contributed by atoms with Crippen LogP contribution in [0.5, 0.6) is 0 Å². The van der Waals surface area contributed by atoms with Crippen molar-refractivity contribution in [2.45, 2.75) is 30.7 Å². The maximum atomic E-state index is 12.0. The Morgan fingerprint density at radius 3 is 2.53 bits per heavy atom. The van der Waals surface area contributed by atoms with Crippen molar-refractivity contribution < 1.29 is 9.53 Å². The summed E-state index contributed by atoms with van der Waals surface area (Å²) in [5.74, 6) is 0.459. The number of benzene rings is 2. The van der Waals surface area contributed by atoms with Crippen molar-refractivity contribution in [3.8, 4) is 11.1 Å². The molecule has 2 heterocycles. The summed E-state index contributed by atoms with van der Waals surface area (Å²) in [6.07, 6.45) is 1.50. The predicted octanol–water partition coefficient (Wildman–Crippen LogP) is 6.98. The first-order chi connectivity index (χ1) is 14.5. The quantitative estimate of drug-likeness (QED) is 0.163. The smallest absolute Gasteiger partial charge is 0.338 e. The Morgan fingerprint density at radius 1 is 1.10 bits per heavy atom. The van der Waals surface area contributed by atoms with Crippen molar-refractivity contribution in [1.29, 1.82) is 0 Å². The highest BCUT2D eigenvalue weighted by molar-refractivity contribution is 9.10. The van der Waals surface area contributed by atoms with Crippen LogP contribution in [0.2, 0.25) is 0 Å². The number of thioether (sulfide) groups is 1. The second kappa shape index (κ2) is 9.29. The summed E-state index contributed by atoms with van der Waals surface area (Å²) in [6, 6.07) is 15.8. The van der Waals surface area contributed by atoms with Gasteiger partial charge in [0, 0.05) is 21.2 Å². The minimum Gasteiger partial charge on any atom is -0.459 e. The largest absolute Gasteiger partial charge is 0.459 e. The molecule has 7 heteroatoms. The number of esters is 1. The molecule has 0 aliphatic carbocycles. The van der Waals surface area contributed by atoms with Gasteiger partial charge in [0.1, 0.15) is 16.2 Å². The number of carbonyl (C=O) groups excluding carboxylic acids is 1. The second-order valence-corrected chi connectivity index (χ2v) is 9.69. The number of hydrogen-bond donors (Lipinski definition) is 0. The Morgan fingerprint density at radius 2 is 1.83 bits per heavy atom. The van der Waals surface area contributed by atoms with Crippen LogP contribution in [-0.2, 0) is 10.5 Å². The van der Waals surface area contributed by atoms with Gasteiger partial charge in [0.2, 0.25) is 0 Å². The summed E-state index contributed by atoms with van der Waals surface area (Å²) in [7, 11) is 0. The Hall–Kier alpha value is -2.22. The van der Waals surface area contributed by atoms with Crippen molar-refractivity contribution in [1.82, 2.24) is 9.97 Å². The number of halogens is 1.